The van der Waals surface area contributed by atoms with Crippen LogP contribution in [0.2, 0.25) is 0 Å². The number of hydrogen-bond acceptors (Lipinski definition) is 2. The Balaban J connectivity index is 2.34. The standard InChI is InChI=1S/C9H18N4O/c1-2-8(14)13-4-3-7(6-13)5-12-9(10)11/h7H,2-6H2,1H3,(H4,10,11,12). The van der Waals surface area contributed by atoms with Gasteiger partial charge in [-0.15, -0.1) is 0 Å². The van der Waals surface area contributed by atoms with E-state index in [0.717, 1.165) is 19.5 Å². The lowest BCUT2D eigenvalue weighted by molar-refractivity contribution is -0.129. The molecule has 0 aromatic rings. The summed E-state index contributed by atoms with van der Waals surface area (Å²) in [5.74, 6) is 0.773. The Kier molecular flexibility index (Phi) is 3.73. The Bertz CT molecular complexity index is 235. The second-order valence-corrected chi connectivity index (χ2v) is 3.61. The third-order valence-corrected chi connectivity index (χ3v) is 2.47. The van der Waals surface area contributed by atoms with Gasteiger partial charge in [-0.25, -0.2) is 0 Å². The van der Waals surface area contributed by atoms with Crippen molar-refractivity contribution in [2.24, 2.45) is 22.4 Å². The zero-order chi connectivity index (χ0) is 10.6. The summed E-state index contributed by atoms with van der Waals surface area (Å²) in [5.41, 5.74) is 10.5. The van der Waals surface area contributed by atoms with E-state index in [4.69, 9.17) is 11.5 Å². The molecule has 0 aromatic heterocycles. The Hall–Kier alpha value is -1.26. The third kappa shape index (κ3) is 2.90. The lowest BCUT2D eigenvalue weighted by atomic mass is 10.1. The first-order chi connectivity index (χ1) is 6.63. The van der Waals surface area contributed by atoms with E-state index in [1.54, 1.807) is 0 Å². The summed E-state index contributed by atoms with van der Waals surface area (Å²) in [6, 6.07) is 0. The molecule has 0 bridgehead atoms. The van der Waals surface area contributed by atoms with Crippen LogP contribution >= 0.6 is 0 Å². The van der Waals surface area contributed by atoms with E-state index in [-0.39, 0.29) is 11.9 Å². The van der Waals surface area contributed by atoms with Crippen LogP contribution in [0.15, 0.2) is 4.99 Å². The molecule has 1 rings (SSSR count). The van der Waals surface area contributed by atoms with Crippen molar-refractivity contribution in [3.63, 3.8) is 0 Å². The first kappa shape index (κ1) is 10.8. The van der Waals surface area contributed by atoms with E-state index in [2.05, 4.69) is 4.99 Å². The first-order valence-corrected chi connectivity index (χ1v) is 4.96. The summed E-state index contributed by atoms with van der Waals surface area (Å²) in [6.07, 6.45) is 1.58. The first-order valence-electron chi connectivity index (χ1n) is 4.96. The molecule has 4 N–H and O–H groups in total. The van der Waals surface area contributed by atoms with E-state index in [0.29, 0.717) is 18.9 Å². The van der Waals surface area contributed by atoms with Gasteiger partial charge in [-0.3, -0.25) is 9.79 Å². The number of amides is 1. The maximum Gasteiger partial charge on any atom is 0.222 e. The van der Waals surface area contributed by atoms with Crippen molar-refractivity contribution in [2.45, 2.75) is 19.8 Å². The third-order valence-electron chi connectivity index (χ3n) is 2.47. The molecule has 1 heterocycles. The molecule has 1 unspecified atom stereocenters. The van der Waals surface area contributed by atoms with Crippen LogP contribution in [-0.2, 0) is 4.79 Å². The number of rotatable bonds is 3. The van der Waals surface area contributed by atoms with Gasteiger partial charge in [-0.2, -0.15) is 0 Å². The average Bonchev–Trinajstić information content (AvgIpc) is 2.62. The average molecular weight is 198 g/mol. The van der Waals surface area contributed by atoms with Crippen LogP contribution in [0.1, 0.15) is 19.8 Å². The summed E-state index contributed by atoms with van der Waals surface area (Å²) in [4.78, 5) is 17.2. The van der Waals surface area contributed by atoms with Gasteiger partial charge in [0.25, 0.3) is 0 Å². The van der Waals surface area contributed by atoms with Gasteiger partial charge in [0.05, 0.1) is 0 Å². The van der Waals surface area contributed by atoms with Crippen LogP contribution in [0.5, 0.6) is 0 Å². The van der Waals surface area contributed by atoms with E-state index in [1.165, 1.54) is 0 Å². The van der Waals surface area contributed by atoms with Crippen molar-refractivity contribution in [2.75, 3.05) is 19.6 Å². The molecule has 1 aliphatic rings. The van der Waals surface area contributed by atoms with Crippen molar-refractivity contribution in [1.29, 1.82) is 0 Å². The summed E-state index contributed by atoms with van der Waals surface area (Å²) in [6.45, 7) is 4.16. The highest BCUT2D eigenvalue weighted by Gasteiger charge is 2.24. The van der Waals surface area contributed by atoms with E-state index >= 15 is 0 Å². The van der Waals surface area contributed by atoms with Crippen LogP contribution < -0.4 is 11.5 Å². The zero-order valence-electron chi connectivity index (χ0n) is 8.57. The number of nitrogens with two attached hydrogens (primary N) is 2. The van der Waals surface area contributed by atoms with Crippen LogP contribution in [0, 0.1) is 5.92 Å². The molecule has 5 heteroatoms. The summed E-state index contributed by atoms with van der Waals surface area (Å²) in [5, 5.41) is 0. The lowest BCUT2D eigenvalue weighted by Crippen LogP contribution is -2.28. The highest BCUT2D eigenvalue weighted by Crippen LogP contribution is 2.16. The fraction of sp³-hybridized carbons (Fsp3) is 0.778. The Morgan fingerprint density at radius 2 is 2.29 bits per heavy atom. The number of likely N-dealkylation sites (tertiary alicyclic amines) is 1. The van der Waals surface area contributed by atoms with Crippen LogP contribution in [0.25, 0.3) is 0 Å². The molecule has 1 saturated heterocycles. The molecular weight excluding hydrogens is 180 g/mol. The molecule has 1 fully saturated rings. The fourth-order valence-electron chi connectivity index (χ4n) is 1.67. The van der Waals surface area contributed by atoms with Crippen LogP contribution in [-0.4, -0.2) is 36.4 Å². The van der Waals surface area contributed by atoms with Crippen molar-refractivity contribution in [1.82, 2.24) is 4.90 Å². The maximum absolute atomic E-state index is 11.3. The molecule has 1 atom stereocenters. The number of carbonyl (C=O) groups excluding carboxylic acids is 1. The fourth-order valence-corrected chi connectivity index (χ4v) is 1.67. The summed E-state index contributed by atoms with van der Waals surface area (Å²) >= 11 is 0. The van der Waals surface area contributed by atoms with Gasteiger partial charge in [-0.1, -0.05) is 6.92 Å². The molecule has 1 amide bonds. The Labute approximate surface area is 84.1 Å². The van der Waals surface area contributed by atoms with E-state index in [9.17, 15) is 4.79 Å². The molecule has 0 saturated carbocycles. The number of carbonyl (C=O) groups is 1. The molecule has 5 nitrogen and oxygen atoms in total. The minimum atomic E-state index is 0.130. The summed E-state index contributed by atoms with van der Waals surface area (Å²) in [7, 11) is 0. The Morgan fingerprint density at radius 1 is 1.57 bits per heavy atom. The van der Waals surface area contributed by atoms with Crippen LogP contribution in [0.3, 0.4) is 0 Å². The predicted octanol–water partition coefficient (Wildman–Crippen LogP) is -0.482. The van der Waals surface area contributed by atoms with Gasteiger partial charge >= 0.3 is 0 Å². The highest BCUT2D eigenvalue weighted by molar-refractivity contribution is 5.76. The number of hydrogen-bond donors (Lipinski definition) is 2. The molecular formula is C9H18N4O. The van der Waals surface area contributed by atoms with Gasteiger partial charge in [0.15, 0.2) is 5.96 Å². The lowest BCUT2D eigenvalue weighted by Gasteiger charge is -2.14. The van der Waals surface area contributed by atoms with Crippen molar-refractivity contribution < 1.29 is 4.79 Å². The highest BCUT2D eigenvalue weighted by atomic mass is 16.2. The van der Waals surface area contributed by atoms with Gasteiger partial charge < -0.3 is 16.4 Å². The monoisotopic (exact) mass is 198 g/mol. The van der Waals surface area contributed by atoms with Gasteiger partial charge in [0.1, 0.15) is 0 Å². The second kappa shape index (κ2) is 4.83. The number of aliphatic imine (C=N–C) groups is 1. The largest absolute Gasteiger partial charge is 0.370 e. The summed E-state index contributed by atoms with van der Waals surface area (Å²) < 4.78 is 0. The SMILES string of the molecule is CCC(=O)N1CCC(CN=C(N)N)C1. The topological polar surface area (TPSA) is 84.7 Å². The van der Waals surface area contributed by atoms with Gasteiger partial charge in [0.2, 0.25) is 5.91 Å². The van der Waals surface area contributed by atoms with Gasteiger partial charge in [0, 0.05) is 26.1 Å². The molecule has 1 aliphatic heterocycles. The van der Waals surface area contributed by atoms with Crippen molar-refractivity contribution in [3.8, 4) is 0 Å². The van der Waals surface area contributed by atoms with Crippen molar-refractivity contribution in [3.05, 3.63) is 0 Å². The second-order valence-electron chi connectivity index (χ2n) is 3.61. The van der Waals surface area contributed by atoms with E-state index < -0.39 is 0 Å². The molecule has 0 spiro atoms. The Morgan fingerprint density at radius 3 is 2.86 bits per heavy atom. The molecule has 0 aromatic carbocycles. The quantitative estimate of drug-likeness (QED) is 0.474. The van der Waals surface area contributed by atoms with Crippen LogP contribution in [0.4, 0.5) is 0 Å². The molecule has 0 radical (unpaired) electrons. The number of nitrogens with zero attached hydrogens (tertiary/aromatic N) is 2. The number of guanidine groups is 1. The molecule has 0 aliphatic carbocycles. The maximum atomic E-state index is 11.3. The van der Waals surface area contributed by atoms with Crippen molar-refractivity contribution >= 4 is 11.9 Å². The minimum absolute atomic E-state index is 0.130. The molecule has 14 heavy (non-hydrogen) atoms. The normalized spacial score (nSPS) is 20.9. The predicted molar refractivity (Wildman–Crippen MR) is 55.7 cm³/mol. The van der Waals surface area contributed by atoms with E-state index in [1.807, 2.05) is 11.8 Å². The van der Waals surface area contributed by atoms with Gasteiger partial charge in [-0.05, 0) is 12.3 Å². The minimum Gasteiger partial charge on any atom is -0.370 e. The zero-order valence-corrected chi connectivity index (χ0v) is 8.57. The molecule has 80 valence electrons. The smallest absolute Gasteiger partial charge is 0.222 e.